The van der Waals surface area contributed by atoms with Crippen molar-refractivity contribution in [3.05, 3.63) is 0 Å². The minimum absolute atomic E-state index is 0. The molecule has 0 spiro atoms. The molecule has 2 unspecified atom stereocenters. The van der Waals surface area contributed by atoms with Crippen LogP contribution in [-0.4, -0.2) is 89.3 Å². The lowest BCUT2D eigenvalue weighted by Gasteiger charge is -2.39. The second-order valence-electron chi connectivity index (χ2n) is 7.74. The molecule has 0 radical (unpaired) electrons. The summed E-state index contributed by atoms with van der Waals surface area (Å²) in [6, 6.07) is 0.521. The molecule has 2 rings (SSSR count). The lowest BCUT2D eigenvalue weighted by molar-refractivity contribution is 0.00271. The van der Waals surface area contributed by atoms with Crippen LogP contribution < -0.4 is 10.6 Å². The Labute approximate surface area is 194 Å². The number of halogens is 1. The number of aliphatic imine (C=N–C) groups is 1. The van der Waals surface area contributed by atoms with Crippen molar-refractivity contribution in [1.29, 1.82) is 0 Å². The van der Waals surface area contributed by atoms with Gasteiger partial charge in [0.2, 0.25) is 0 Å². The molecule has 2 atom stereocenters. The average molecular weight is 527 g/mol. The molecule has 0 aliphatic carbocycles. The first-order chi connectivity index (χ1) is 13.8. The van der Waals surface area contributed by atoms with Gasteiger partial charge in [0.25, 0.3) is 0 Å². The van der Waals surface area contributed by atoms with Gasteiger partial charge in [0, 0.05) is 52.5 Å². The van der Waals surface area contributed by atoms with Gasteiger partial charge in [-0.15, -0.1) is 24.0 Å². The van der Waals surface area contributed by atoms with E-state index in [9.17, 15) is 0 Å². The van der Waals surface area contributed by atoms with Crippen LogP contribution in [0.5, 0.6) is 0 Å². The fourth-order valence-corrected chi connectivity index (χ4v) is 4.13. The number of hydrogen-bond acceptors (Lipinski definition) is 5. The molecule has 8 heteroatoms. The highest BCUT2D eigenvalue weighted by Crippen LogP contribution is 2.19. The fourth-order valence-electron chi connectivity index (χ4n) is 4.13. The normalized spacial score (nSPS) is 21.8. The summed E-state index contributed by atoms with van der Waals surface area (Å²) in [5.41, 5.74) is 0. The summed E-state index contributed by atoms with van der Waals surface area (Å²) in [5.74, 6) is 1.57. The highest BCUT2D eigenvalue weighted by atomic mass is 127. The number of nitrogens with zero attached hydrogens (tertiary/aromatic N) is 2. The van der Waals surface area contributed by atoms with Gasteiger partial charge >= 0.3 is 0 Å². The molecule has 2 N–H and O–H groups in total. The number of ether oxygens (including phenoxy) is 3. The predicted octanol–water partition coefficient (Wildman–Crippen LogP) is 2.49. The zero-order valence-electron chi connectivity index (χ0n) is 18.7. The minimum Gasteiger partial charge on any atom is -0.379 e. The van der Waals surface area contributed by atoms with Gasteiger partial charge in [0.1, 0.15) is 0 Å². The molecule has 0 saturated carbocycles. The van der Waals surface area contributed by atoms with Crippen LogP contribution in [0.3, 0.4) is 0 Å². The van der Waals surface area contributed by atoms with Gasteiger partial charge in [-0.05, 0) is 25.2 Å². The lowest BCUT2D eigenvalue weighted by atomic mass is 9.92. The Kier molecular flexibility index (Phi) is 15.3. The van der Waals surface area contributed by atoms with Crippen LogP contribution >= 0.6 is 24.0 Å². The summed E-state index contributed by atoms with van der Waals surface area (Å²) in [4.78, 5) is 6.97. The molecular weight excluding hydrogens is 483 g/mol. The van der Waals surface area contributed by atoms with Gasteiger partial charge in [0.05, 0.1) is 25.9 Å². The first-order valence-electron chi connectivity index (χ1n) is 11.2. The number of rotatable bonds is 12. The summed E-state index contributed by atoms with van der Waals surface area (Å²) in [5, 5.41) is 6.96. The Bertz CT molecular complexity index is 426. The highest BCUT2D eigenvalue weighted by Gasteiger charge is 2.27. The summed E-state index contributed by atoms with van der Waals surface area (Å²) in [6.45, 7) is 12.5. The van der Waals surface area contributed by atoms with Crippen LogP contribution in [0.2, 0.25) is 0 Å². The Morgan fingerprint density at radius 3 is 2.55 bits per heavy atom. The van der Waals surface area contributed by atoms with E-state index in [0.29, 0.717) is 18.1 Å². The maximum atomic E-state index is 5.73. The zero-order chi connectivity index (χ0) is 20.0. The molecule has 0 aromatic rings. The van der Waals surface area contributed by atoms with Gasteiger partial charge in [-0.25, -0.2) is 0 Å². The molecule has 0 aromatic heterocycles. The van der Waals surface area contributed by atoms with Crippen molar-refractivity contribution in [2.75, 3.05) is 66.3 Å². The standard InChI is InChI=1S/C21H42N4O3.HI/c1-4-18(5-2)20(25-10-14-26-15-11-25)16-24-21(22-3)23-9-7-12-27-17-19-8-6-13-28-19;/h18-20H,4-17H2,1-3H3,(H2,22,23,24);1H. The van der Waals surface area contributed by atoms with Crippen molar-refractivity contribution in [2.24, 2.45) is 10.9 Å². The molecule has 2 aliphatic heterocycles. The summed E-state index contributed by atoms with van der Waals surface area (Å²) in [7, 11) is 1.84. The zero-order valence-corrected chi connectivity index (χ0v) is 21.0. The number of hydrogen-bond donors (Lipinski definition) is 2. The molecule has 172 valence electrons. The molecule has 0 aromatic carbocycles. The highest BCUT2D eigenvalue weighted by molar-refractivity contribution is 14.0. The fraction of sp³-hybridized carbons (Fsp3) is 0.952. The molecule has 0 bridgehead atoms. The average Bonchev–Trinajstić information content (AvgIpc) is 3.26. The van der Waals surface area contributed by atoms with Crippen LogP contribution in [-0.2, 0) is 14.2 Å². The van der Waals surface area contributed by atoms with Crippen molar-refractivity contribution in [1.82, 2.24) is 15.5 Å². The summed E-state index contributed by atoms with van der Waals surface area (Å²) >= 11 is 0. The van der Waals surface area contributed by atoms with E-state index in [4.69, 9.17) is 14.2 Å². The third-order valence-electron chi connectivity index (χ3n) is 5.90. The molecule has 29 heavy (non-hydrogen) atoms. The Balaban J connectivity index is 0.00000420. The maximum Gasteiger partial charge on any atom is 0.191 e. The van der Waals surface area contributed by atoms with Crippen molar-refractivity contribution in [2.45, 2.75) is 58.1 Å². The largest absolute Gasteiger partial charge is 0.379 e. The molecule has 2 saturated heterocycles. The van der Waals surface area contributed by atoms with E-state index in [2.05, 4.69) is 34.4 Å². The maximum absolute atomic E-state index is 5.73. The second-order valence-corrected chi connectivity index (χ2v) is 7.74. The van der Waals surface area contributed by atoms with Gasteiger partial charge in [-0.3, -0.25) is 9.89 Å². The van der Waals surface area contributed by atoms with Gasteiger partial charge in [-0.2, -0.15) is 0 Å². The number of morpholine rings is 1. The molecular formula is C21H43IN4O3. The van der Waals surface area contributed by atoms with E-state index in [-0.39, 0.29) is 24.0 Å². The quantitative estimate of drug-likeness (QED) is 0.176. The molecule has 0 amide bonds. The Hall–Kier alpha value is -0.160. The first kappa shape index (κ1) is 26.9. The van der Waals surface area contributed by atoms with E-state index in [1.165, 1.54) is 19.3 Å². The minimum atomic E-state index is 0. The van der Waals surface area contributed by atoms with E-state index in [1.807, 2.05) is 7.05 Å². The Morgan fingerprint density at radius 1 is 1.17 bits per heavy atom. The van der Waals surface area contributed by atoms with Crippen LogP contribution in [0, 0.1) is 5.92 Å². The van der Waals surface area contributed by atoms with Crippen LogP contribution in [0.4, 0.5) is 0 Å². The monoisotopic (exact) mass is 526 g/mol. The van der Waals surface area contributed by atoms with E-state index < -0.39 is 0 Å². The van der Waals surface area contributed by atoms with Crippen molar-refractivity contribution < 1.29 is 14.2 Å². The first-order valence-corrected chi connectivity index (χ1v) is 11.2. The van der Waals surface area contributed by atoms with Gasteiger partial charge < -0.3 is 24.8 Å². The second kappa shape index (κ2) is 16.5. The summed E-state index contributed by atoms with van der Waals surface area (Å²) < 4.78 is 16.8. The van der Waals surface area contributed by atoms with Gasteiger partial charge in [-0.1, -0.05) is 26.7 Å². The van der Waals surface area contributed by atoms with Gasteiger partial charge in [0.15, 0.2) is 5.96 Å². The lowest BCUT2D eigenvalue weighted by Crippen LogP contribution is -2.53. The number of guanidine groups is 1. The molecule has 2 aliphatic rings. The van der Waals surface area contributed by atoms with Crippen molar-refractivity contribution in [3.63, 3.8) is 0 Å². The SMILES string of the molecule is CCC(CC)C(CNC(=NC)NCCCOCC1CCCO1)N1CCOCC1.I. The van der Waals surface area contributed by atoms with Crippen LogP contribution in [0.1, 0.15) is 46.0 Å². The summed E-state index contributed by atoms with van der Waals surface area (Å²) in [6.07, 6.45) is 5.98. The van der Waals surface area contributed by atoms with Crippen molar-refractivity contribution >= 4 is 29.9 Å². The van der Waals surface area contributed by atoms with E-state index >= 15 is 0 Å². The third-order valence-corrected chi connectivity index (χ3v) is 5.90. The van der Waals surface area contributed by atoms with Crippen LogP contribution in [0.25, 0.3) is 0 Å². The molecule has 2 heterocycles. The topological polar surface area (TPSA) is 67.4 Å². The molecule has 7 nitrogen and oxygen atoms in total. The number of nitrogens with one attached hydrogen (secondary N) is 2. The Morgan fingerprint density at radius 2 is 1.93 bits per heavy atom. The van der Waals surface area contributed by atoms with Crippen LogP contribution in [0.15, 0.2) is 4.99 Å². The van der Waals surface area contributed by atoms with E-state index in [1.54, 1.807) is 0 Å². The van der Waals surface area contributed by atoms with Crippen molar-refractivity contribution in [3.8, 4) is 0 Å². The third kappa shape index (κ3) is 10.1. The smallest absolute Gasteiger partial charge is 0.191 e. The predicted molar refractivity (Wildman–Crippen MR) is 129 cm³/mol. The molecule has 2 fully saturated rings. The van der Waals surface area contributed by atoms with E-state index in [0.717, 1.165) is 78.0 Å².